The number of likely N-dealkylation sites (N-methyl/N-ethyl adjacent to an activating group) is 1. The molecule has 0 spiro atoms. The minimum absolute atomic E-state index is 0.0240. The Kier molecular flexibility index (Phi) is 5.26. The van der Waals surface area contributed by atoms with Crippen molar-refractivity contribution in [1.29, 1.82) is 0 Å². The SMILES string of the molecule is CCN1c2cc(OC)c(C=Nc3ccccc3OC)cc2C(C)=CC1(C)C. The minimum Gasteiger partial charge on any atom is -0.496 e. The lowest BCUT2D eigenvalue weighted by Gasteiger charge is -2.43. The number of methoxy groups -OCH3 is 2. The lowest BCUT2D eigenvalue weighted by molar-refractivity contribution is 0.413. The summed E-state index contributed by atoms with van der Waals surface area (Å²) in [4.78, 5) is 7.04. The molecule has 0 N–H and O–H groups in total. The van der Waals surface area contributed by atoms with Crippen LogP contribution in [-0.2, 0) is 0 Å². The maximum Gasteiger partial charge on any atom is 0.144 e. The summed E-state index contributed by atoms with van der Waals surface area (Å²) in [6.07, 6.45) is 4.17. The molecule has 0 radical (unpaired) electrons. The molecule has 0 atom stereocenters. The van der Waals surface area contributed by atoms with E-state index in [9.17, 15) is 0 Å². The summed E-state index contributed by atoms with van der Waals surface area (Å²) in [6, 6.07) is 12.0. The van der Waals surface area contributed by atoms with Crippen molar-refractivity contribution in [2.75, 3.05) is 25.7 Å². The van der Waals surface area contributed by atoms with Crippen LogP contribution >= 0.6 is 0 Å². The second-order valence-electron chi connectivity index (χ2n) is 7.27. The van der Waals surface area contributed by atoms with Gasteiger partial charge in [0.1, 0.15) is 17.2 Å². The van der Waals surface area contributed by atoms with Gasteiger partial charge in [-0.2, -0.15) is 0 Å². The highest BCUT2D eigenvalue weighted by molar-refractivity contribution is 5.92. The van der Waals surface area contributed by atoms with E-state index in [1.807, 2.05) is 30.5 Å². The Labute approximate surface area is 162 Å². The summed E-state index contributed by atoms with van der Waals surface area (Å²) in [5.41, 5.74) is 5.42. The van der Waals surface area contributed by atoms with Crippen LogP contribution in [0.1, 0.15) is 38.8 Å². The summed E-state index contributed by atoms with van der Waals surface area (Å²) < 4.78 is 11.1. The van der Waals surface area contributed by atoms with Crippen molar-refractivity contribution in [3.8, 4) is 11.5 Å². The summed E-state index contributed by atoms with van der Waals surface area (Å²) in [5.74, 6) is 1.57. The lowest BCUT2D eigenvalue weighted by atomic mass is 9.88. The Hall–Kier alpha value is -2.75. The van der Waals surface area contributed by atoms with E-state index in [1.54, 1.807) is 14.2 Å². The molecular formula is C23H28N2O2. The maximum absolute atomic E-state index is 5.68. The molecule has 0 saturated carbocycles. The van der Waals surface area contributed by atoms with Crippen LogP contribution in [-0.4, -0.2) is 32.5 Å². The van der Waals surface area contributed by atoms with Crippen LogP contribution in [0.4, 0.5) is 11.4 Å². The van der Waals surface area contributed by atoms with E-state index in [2.05, 4.69) is 55.8 Å². The van der Waals surface area contributed by atoms with Crippen LogP contribution in [0.15, 0.2) is 47.5 Å². The zero-order valence-corrected chi connectivity index (χ0v) is 17.0. The highest BCUT2D eigenvalue weighted by atomic mass is 16.5. The number of fused-ring (bicyclic) bond motifs is 1. The molecule has 4 nitrogen and oxygen atoms in total. The molecule has 1 heterocycles. The number of aliphatic imine (C=N–C) groups is 1. The zero-order chi connectivity index (χ0) is 19.6. The average Bonchev–Trinajstić information content (AvgIpc) is 2.65. The van der Waals surface area contributed by atoms with Gasteiger partial charge in [-0.05, 0) is 51.5 Å². The van der Waals surface area contributed by atoms with E-state index in [1.165, 1.54) is 16.8 Å². The van der Waals surface area contributed by atoms with E-state index in [4.69, 9.17) is 9.47 Å². The third-order valence-electron chi connectivity index (χ3n) is 5.07. The topological polar surface area (TPSA) is 34.1 Å². The summed E-state index contributed by atoms with van der Waals surface area (Å²) >= 11 is 0. The molecule has 2 aromatic rings. The molecule has 2 aromatic carbocycles. The molecule has 0 bridgehead atoms. The predicted molar refractivity (Wildman–Crippen MR) is 114 cm³/mol. The van der Waals surface area contributed by atoms with Crippen molar-refractivity contribution in [3.63, 3.8) is 0 Å². The summed E-state index contributed by atoms with van der Waals surface area (Å²) in [7, 11) is 3.36. The van der Waals surface area contributed by atoms with Gasteiger partial charge in [-0.1, -0.05) is 18.2 Å². The van der Waals surface area contributed by atoms with Crippen LogP contribution in [0.5, 0.6) is 11.5 Å². The molecule has 0 fully saturated rings. The second-order valence-corrected chi connectivity index (χ2v) is 7.27. The fourth-order valence-corrected chi connectivity index (χ4v) is 3.85. The van der Waals surface area contributed by atoms with Crippen LogP contribution in [0, 0.1) is 0 Å². The molecule has 0 aliphatic carbocycles. The van der Waals surface area contributed by atoms with Gasteiger partial charge in [0.15, 0.2) is 0 Å². The normalized spacial score (nSPS) is 15.5. The number of rotatable bonds is 5. The Balaban J connectivity index is 2.08. The summed E-state index contributed by atoms with van der Waals surface area (Å²) in [6.45, 7) is 9.77. The Morgan fingerprint density at radius 3 is 2.44 bits per heavy atom. The number of hydrogen-bond donors (Lipinski definition) is 0. The first-order valence-corrected chi connectivity index (χ1v) is 9.28. The number of ether oxygens (including phenoxy) is 2. The highest BCUT2D eigenvalue weighted by Crippen LogP contribution is 2.41. The van der Waals surface area contributed by atoms with Crippen molar-refractivity contribution in [2.24, 2.45) is 4.99 Å². The van der Waals surface area contributed by atoms with Crippen LogP contribution in [0.3, 0.4) is 0 Å². The van der Waals surface area contributed by atoms with Gasteiger partial charge in [-0.15, -0.1) is 0 Å². The van der Waals surface area contributed by atoms with E-state index in [0.29, 0.717) is 0 Å². The van der Waals surface area contributed by atoms with E-state index >= 15 is 0 Å². The first-order chi connectivity index (χ1) is 12.9. The van der Waals surface area contributed by atoms with E-state index in [-0.39, 0.29) is 5.54 Å². The zero-order valence-electron chi connectivity index (χ0n) is 17.0. The molecule has 142 valence electrons. The van der Waals surface area contributed by atoms with E-state index < -0.39 is 0 Å². The Morgan fingerprint density at radius 1 is 1.07 bits per heavy atom. The first-order valence-electron chi connectivity index (χ1n) is 9.28. The van der Waals surface area contributed by atoms with Gasteiger partial charge in [-0.25, -0.2) is 0 Å². The van der Waals surface area contributed by atoms with Gasteiger partial charge >= 0.3 is 0 Å². The number of anilines is 1. The summed E-state index contributed by atoms with van der Waals surface area (Å²) in [5, 5.41) is 0. The third-order valence-corrected chi connectivity index (χ3v) is 5.07. The molecule has 3 rings (SSSR count). The monoisotopic (exact) mass is 364 g/mol. The molecule has 4 heteroatoms. The van der Waals surface area contributed by atoms with Gasteiger partial charge in [0.05, 0.1) is 19.8 Å². The highest BCUT2D eigenvalue weighted by Gasteiger charge is 2.31. The first kappa shape index (κ1) is 19.0. The predicted octanol–water partition coefficient (Wildman–Crippen LogP) is 5.48. The number of para-hydroxylation sites is 2. The van der Waals surface area contributed by atoms with Crippen molar-refractivity contribution in [1.82, 2.24) is 0 Å². The number of nitrogens with zero attached hydrogens (tertiary/aromatic N) is 2. The van der Waals surface area contributed by atoms with Crippen LogP contribution < -0.4 is 14.4 Å². The molecule has 0 amide bonds. The van der Waals surface area contributed by atoms with Crippen molar-refractivity contribution in [3.05, 3.63) is 53.6 Å². The molecule has 0 unspecified atom stereocenters. The number of hydrogen-bond acceptors (Lipinski definition) is 4. The number of allylic oxidation sites excluding steroid dienone is 1. The number of benzene rings is 2. The molecule has 27 heavy (non-hydrogen) atoms. The smallest absolute Gasteiger partial charge is 0.144 e. The average molecular weight is 364 g/mol. The third kappa shape index (κ3) is 3.57. The van der Waals surface area contributed by atoms with Crippen molar-refractivity contribution in [2.45, 2.75) is 33.2 Å². The van der Waals surface area contributed by atoms with Gasteiger partial charge in [0.25, 0.3) is 0 Å². The maximum atomic E-state index is 5.68. The standard InChI is InChI=1S/C23H28N2O2/c1-7-25-20-13-22(27-6)17(12-18(20)16(2)14-23(25,3)4)15-24-19-10-8-9-11-21(19)26-5/h8-15H,7H2,1-6H3. The van der Waals surface area contributed by atoms with Crippen molar-refractivity contribution < 1.29 is 9.47 Å². The Morgan fingerprint density at radius 2 is 1.78 bits per heavy atom. The van der Waals surface area contributed by atoms with Gasteiger partial charge < -0.3 is 14.4 Å². The fourth-order valence-electron chi connectivity index (χ4n) is 3.85. The van der Waals surface area contributed by atoms with Gasteiger partial charge in [-0.3, -0.25) is 4.99 Å². The molecule has 0 aromatic heterocycles. The molecule has 0 saturated heterocycles. The molecule has 1 aliphatic rings. The van der Waals surface area contributed by atoms with Crippen molar-refractivity contribution >= 4 is 23.2 Å². The van der Waals surface area contributed by atoms with Gasteiger partial charge in [0.2, 0.25) is 0 Å². The second kappa shape index (κ2) is 7.47. The largest absolute Gasteiger partial charge is 0.496 e. The molecular weight excluding hydrogens is 336 g/mol. The van der Waals surface area contributed by atoms with E-state index in [0.717, 1.165) is 29.3 Å². The minimum atomic E-state index is -0.0240. The lowest BCUT2D eigenvalue weighted by Crippen LogP contribution is -2.44. The molecule has 1 aliphatic heterocycles. The van der Waals surface area contributed by atoms with Crippen LogP contribution in [0.25, 0.3) is 5.57 Å². The fraction of sp³-hybridized carbons (Fsp3) is 0.348. The quantitative estimate of drug-likeness (QED) is 0.659. The van der Waals surface area contributed by atoms with Gasteiger partial charge in [0, 0.05) is 35.6 Å². The van der Waals surface area contributed by atoms with Crippen LogP contribution in [0.2, 0.25) is 0 Å². The Bertz CT molecular complexity index is 897.